The molecule has 1 unspecified atom stereocenters. The van der Waals surface area contributed by atoms with Crippen molar-refractivity contribution in [2.45, 2.75) is 25.9 Å². The summed E-state index contributed by atoms with van der Waals surface area (Å²) in [5, 5.41) is 21.8. The molecule has 2 atom stereocenters. The Morgan fingerprint density at radius 3 is 2.68 bits per heavy atom. The summed E-state index contributed by atoms with van der Waals surface area (Å²) in [5.41, 5.74) is 8.86. The van der Waals surface area contributed by atoms with Crippen molar-refractivity contribution in [3.63, 3.8) is 0 Å². The Kier molecular flexibility index (Phi) is 11.0. The summed E-state index contributed by atoms with van der Waals surface area (Å²) in [5.74, 6) is 1.06. The first-order valence-electron chi connectivity index (χ1n) is 11.1. The average Bonchev–Trinajstić information content (AvgIpc) is 2.82. The van der Waals surface area contributed by atoms with Gasteiger partial charge in [-0.2, -0.15) is 0 Å². The second-order valence-corrected chi connectivity index (χ2v) is 9.42. The first-order chi connectivity index (χ1) is 16.2. The van der Waals surface area contributed by atoms with Gasteiger partial charge < -0.3 is 35.9 Å². The molecule has 0 heterocycles. The van der Waals surface area contributed by atoms with Crippen LogP contribution in [-0.4, -0.2) is 65.4 Å². The van der Waals surface area contributed by atoms with E-state index in [4.69, 9.17) is 15.9 Å². The van der Waals surface area contributed by atoms with Crippen molar-refractivity contribution in [3.05, 3.63) is 53.6 Å². The predicted octanol–water partition coefficient (Wildman–Crippen LogP) is 2.30. The van der Waals surface area contributed by atoms with Gasteiger partial charge in [0, 0.05) is 68.1 Å². The number of nitrogen functional groups attached to an aromatic ring is 1. The van der Waals surface area contributed by atoms with E-state index in [2.05, 4.69) is 10.0 Å². The van der Waals surface area contributed by atoms with E-state index in [0.29, 0.717) is 60.3 Å². The number of nitrogens with zero attached hydrogens (tertiary/aromatic N) is 1. The molecule has 9 nitrogen and oxygen atoms in total. The summed E-state index contributed by atoms with van der Waals surface area (Å²) in [6.07, 6.45) is -0.124. The standard InChI is InChI=1S/C24H35N5O4S/c1-4-34(32)28-18-7-5-6-17(14-18)23(30)16-27-12-13-33-19-8-9-20(22(26)15-19)21(25)10-11-24(31)29(2)3/h5-9,14-15,23,25,27-28,30H,4,10-13,16,26H2,1-3H3/t23-,34?/m0/s1. The first kappa shape index (κ1) is 27.3. The maximum Gasteiger partial charge on any atom is 0.222 e. The van der Waals surface area contributed by atoms with Crippen LogP contribution in [0.15, 0.2) is 42.5 Å². The minimum absolute atomic E-state index is 0.0295. The number of benzene rings is 2. The fourth-order valence-corrected chi connectivity index (χ4v) is 3.64. The Bertz CT molecular complexity index is 999. The molecule has 2 aromatic rings. The van der Waals surface area contributed by atoms with Crippen LogP contribution < -0.4 is 20.5 Å². The molecular formula is C24H35N5O4S. The Morgan fingerprint density at radius 1 is 1.24 bits per heavy atom. The predicted molar refractivity (Wildman–Crippen MR) is 138 cm³/mol. The summed E-state index contributed by atoms with van der Waals surface area (Å²) in [6, 6.07) is 12.4. The van der Waals surface area contributed by atoms with Crippen molar-refractivity contribution in [2.75, 3.05) is 50.0 Å². The lowest BCUT2D eigenvalue weighted by atomic mass is 10.0. The quantitative estimate of drug-likeness (QED) is 0.157. The second kappa shape index (κ2) is 13.7. The van der Waals surface area contributed by atoms with Crippen LogP contribution in [0.1, 0.15) is 37.0 Å². The lowest BCUT2D eigenvalue weighted by Gasteiger charge is -2.15. The molecule has 0 radical (unpaired) electrons. The molecule has 6 N–H and O–H groups in total. The molecular weight excluding hydrogens is 454 g/mol. The zero-order valence-corrected chi connectivity index (χ0v) is 20.8. The van der Waals surface area contributed by atoms with Gasteiger partial charge >= 0.3 is 0 Å². The lowest BCUT2D eigenvalue weighted by Crippen LogP contribution is -2.26. The number of carbonyl (C=O) groups excluding carboxylic acids is 1. The number of rotatable bonds is 14. The number of aliphatic hydroxyl groups excluding tert-OH is 1. The van der Waals surface area contributed by atoms with Crippen molar-refractivity contribution in [1.82, 2.24) is 10.2 Å². The molecule has 0 aromatic heterocycles. The maximum absolute atomic E-state index is 11.7. The number of ether oxygens (including phenoxy) is 1. The van der Waals surface area contributed by atoms with Gasteiger partial charge in [0.2, 0.25) is 5.91 Å². The molecule has 10 heteroatoms. The minimum Gasteiger partial charge on any atom is -0.492 e. The zero-order chi connectivity index (χ0) is 25.1. The van der Waals surface area contributed by atoms with Crippen molar-refractivity contribution in [2.24, 2.45) is 0 Å². The van der Waals surface area contributed by atoms with E-state index in [1.807, 2.05) is 25.1 Å². The van der Waals surface area contributed by atoms with Gasteiger partial charge in [0.1, 0.15) is 23.3 Å². The number of amides is 1. The molecule has 2 aromatic carbocycles. The molecule has 2 rings (SSSR count). The van der Waals surface area contributed by atoms with Gasteiger partial charge in [-0.25, -0.2) is 4.21 Å². The molecule has 34 heavy (non-hydrogen) atoms. The monoisotopic (exact) mass is 489 g/mol. The number of hydrogen-bond donors (Lipinski definition) is 5. The van der Waals surface area contributed by atoms with E-state index in [9.17, 15) is 14.1 Å². The normalized spacial score (nSPS) is 12.6. The fraction of sp³-hybridized carbons (Fsp3) is 0.417. The summed E-state index contributed by atoms with van der Waals surface area (Å²) < 4.78 is 20.3. The first-order valence-corrected chi connectivity index (χ1v) is 12.5. The number of hydrogen-bond acceptors (Lipinski definition) is 7. The van der Waals surface area contributed by atoms with Crippen LogP contribution in [0.5, 0.6) is 5.75 Å². The minimum atomic E-state index is -1.14. The highest BCUT2D eigenvalue weighted by atomic mass is 32.2. The van der Waals surface area contributed by atoms with E-state index >= 15 is 0 Å². The Labute approximate surface area is 203 Å². The Balaban J connectivity index is 1.76. The number of nitrogens with two attached hydrogens (primary N) is 1. The molecule has 0 bridgehead atoms. The van der Waals surface area contributed by atoms with Gasteiger partial charge in [-0.1, -0.05) is 19.1 Å². The van der Waals surface area contributed by atoms with E-state index < -0.39 is 17.1 Å². The smallest absolute Gasteiger partial charge is 0.222 e. The molecule has 0 aliphatic rings. The van der Waals surface area contributed by atoms with Crippen LogP contribution in [0.25, 0.3) is 0 Å². The van der Waals surface area contributed by atoms with Crippen molar-refractivity contribution in [3.8, 4) is 5.75 Å². The third kappa shape index (κ3) is 8.77. The van der Waals surface area contributed by atoms with E-state index in [-0.39, 0.29) is 12.3 Å². The fourth-order valence-electron chi connectivity index (χ4n) is 3.11. The highest BCUT2D eigenvalue weighted by molar-refractivity contribution is 7.86. The van der Waals surface area contributed by atoms with Gasteiger partial charge in [0.15, 0.2) is 0 Å². The van der Waals surface area contributed by atoms with E-state index in [0.717, 1.165) is 5.56 Å². The molecule has 0 aliphatic carbocycles. The number of anilines is 2. The van der Waals surface area contributed by atoms with Crippen LogP contribution in [-0.2, 0) is 15.8 Å². The molecule has 0 aliphatic heterocycles. The topological polar surface area (TPSA) is 141 Å². The lowest BCUT2D eigenvalue weighted by molar-refractivity contribution is -0.128. The molecule has 0 saturated carbocycles. The molecule has 0 fully saturated rings. The maximum atomic E-state index is 11.7. The number of aliphatic hydroxyl groups is 1. The van der Waals surface area contributed by atoms with Crippen LogP contribution in [0, 0.1) is 5.41 Å². The van der Waals surface area contributed by atoms with E-state index in [1.54, 1.807) is 38.4 Å². The van der Waals surface area contributed by atoms with Gasteiger partial charge in [-0.15, -0.1) is 0 Å². The molecule has 0 saturated heterocycles. The van der Waals surface area contributed by atoms with Gasteiger partial charge in [0.25, 0.3) is 0 Å². The molecule has 1 amide bonds. The van der Waals surface area contributed by atoms with Crippen LogP contribution in [0.3, 0.4) is 0 Å². The second-order valence-electron chi connectivity index (χ2n) is 7.95. The summed E-state index contributed by atoms with van der Waals surface area (Å²) in [6.45, 7) is 3.06. The highest BCUT2D eigenvalue weighted by Crippen LogP contribution is 2.22. The zero-order valence-electron chi connectivity index (χ0n) is 20.0. The van der Waals surface area contributed by atoms with Gasteiger partial charge in [-0.05, 0) is 36.2 Å². The summed E-state index contributed by atoms with van der Waals surface area (Å²) in [7, 11) is 2.24. The summed E-state index contributed by atoms with van der Waals surface area (Å²) >= 11 is 0. The third-order valence-electron chi connectivity index (χ3n) is 5.09. The largest absolute Gasteiger partial charge is 0.492 e. The highest BCUT2D eigenvalue weighted by Gasteiger charge is 2.12. The third-order valence-corrected chi connectivity index (χ3v) is 6.07. The van der Waals surface area contributed by atoms with Gasteiger partial charge in [-0.3, -0.25) is 4.79 Å². The summed E-state index contributed by atoms with van der Waals surface area (Å²) in [4.78, 5) is 13.2. The Hall–Kier alpha value is -2.95. The number of nitrogens with one attached hydrogen (secondary N) is 3. The average molecular weight is 490 g/mol. The SMILES string of the molecule is CCS(=O)Nc1cccc([C@@H](O)CNCCOc2ccc(C(=N)CCC(=O)N(C)C)c(N)c2)c1. The van der Waals surface area contributed by atoms with Crippen LogP contribution in [0.4, 0.5) is 11.4 Å². The number of carbonyl (C=O) groups is 1. The van der Waals surface area contributed by atoms with Crippen molar-refractivity contribution >= 4 is 34.0 Å². The van der Waals surface area contributed by atoms with E-state index in [1.165, 1.54) is 4.90 Å². The molecule has 0 spiro atoms. The van der Waals surface area contributed by atoms with Crippen LogP contribution in [0.2, 0.25) is 0 Å². The van der Waals surface area contributed by atoms with Crippen molar-refractivity contribution in [1.29, 1.82) is 5.41 Å². The van der Waals surface area contributed by atoms with Crippen molar-refractivity contribution < 1.29 is 18.8 Å². The molecule has 186 valence electrons. The van der Waals surface area contributed by atoms with Gasteiger partial charge in [0.05, 0.1) is 6.10 Å². The Morgan fingerprint density at radius 2 is 2.00 bits per heavy atom. The van der Waals surface area contributed by atoms with Crippen LogP contribution >= 0.6 is 0 Å².